The summed E-state index contributed by atoms with van der Waals surface area (Å²) in [4.78, 5) is 38.0. The van der Waals surface area contributed by atoms with Gasteiger partial charge < -0.3 is 14.2 Å². The maximum atomic E-state index is 12.8. The molecule has 0 aromatic rings. The number of carbonyl (C=O) groups excluding carboxylic acids is 3. The fourth-order valence-corrected chi connectivity index (χ4v) is 7.90. The van der Waals surface area contributed by atoms with E-state index < -0.39 is 6.10 Å². The van der Waals surface area contributed by atoms with Crippen molar-refractivity contribution in [3.63, 3.8) is 0 Å². The number of rotatable bonds is 50. The predicted molar refractivity (Wildman–Crippen MR) is 275 cm³/mol. The molecule has 0 aromatic heterocycles. The summed E-state index contributed by atoms with van der Waals surface area (Å²) in [5.74, 6) is -0.898. The normalized spacial score (nSPS) is 12.4. The molecule has 0 saturated heterocycles. The van der Waals surface area contributed by atoms with Crippen LogP contribution in [0.15, 0.2) is 48.6 Å². The summed E-state index contributed by atoms with van der Waals surface area (Å²) in [7, 11) is 0. The van der Waals surface area contributed by atoms with Crippen LogP contribution in [0, 0.1) is 0 Å². The topological polar surface area (TPSA) is 78.9 Å². The molecular formula is C58H104O6. The zero-order valence-electron chi connectivity index (χ0n) is 42.6. The minimum atomic E-state index is -0.781. The minimum Gasteiger partial charge on any atom is -0.462 e. The van der Waals surface area contributed by atoms with Gasteiger partial charge in [0.05, 0.1) is 0 Å². The van der Waals surface area contributed by atoms with E-state index in [9.17, 15) is 14.4 Å². The quantitative estimate of drug-likeness (QED) is 0.0262. The lowest BCUT2D eigenvalue weighted by Gasteiger charge is -2.18. The Balaban J connectivity index is 4.40. The summed E-state index contributed by atoms with van der Waals surface area (Å²) in [6.07, 6.45) is 63.8. The average Bonchev–Trinajstić information content (AvgIpc) is 3.29. The van der Waals surface area contributed by atoms with Gasteiger partial charge in [-0.25, -0.2) is 0 Å². The third-order valence-corrected chi connectivity index (χ3v) is 12.1. The Morgan fingerprint density at radius 3 is 0.906 bits per heavy atom. The van der Waals surface area contributed by atoms with Crippen LogP contribution in [0.2, 0.25) is 0 Å². The lowest BCUT2D eigenvalue weighted by atomic mass is 10.0. The summed E-state index contributed by atoms with van der Waals surface area (Å²) in [6, 6.07) is 0. The summed E-state index contributed by atoms with van der Waals surface area (Å²) >= 11 is 0. The molecule has 0 aliphatic carbocycles. The second-order valence-electron chi connectivity index (χ2n) is 18.5. The standard InChI is InChI=1S/C58H104O6/c1-4-7-10-13-16-19-22-25-27-28-29-30-31-34-36-39-42-45-48-51-57(60)63-54-55(53-62-56(59)50-47-44-41-38-35-32-24-21-18-15-12-9-6-3)64-58(61)52-49-46-43-40-37-33-26-23-20-17-14-11-8-5-2/h16,19,25,27,29-30,34,36,55H,4-15,17-18,20-24,26,28,31-33,35,37-54H2,1-3H3/b19-16-,27-25-,30-29-,36-34-/t55-/m1/s1. The molecule has 6 nitrogen and oxygen atoms in total. The van der Waals surface area contributed by atoms with Crippen molar-refractivity contribution in [1.82, 2.24) is 0 Å². The van der Waals surface area contributed by atoms with Crippen LogP contribution in [0.5, 0.6) is 0 Å². The number of unbranched alkanes of at least 4 members (excludes halogenated alkanes) is 31. The molecule has 0 N–H and O–H groups in total. The molecule has 0 rings (SSSR count). The first-order valence-corrected chi connectivity index (χ1v) is 27.6. The van der Waals surface area contributed by atoms with Gasteiger partial charge >= 0.3 is 17.9 Å². The van der Waals surface area contributed by atoms with Crippen LogP contribution in [0.1, 0.15) is 284 Å². The SMILES string of the molecule is CCCCC/C=C\C/C=C\C/C=C\C/C=C\CCCCCC(=O)OC[C@@H](COC(=O)CCCCCCCCCCCCCCC)OC(=O)CCCCCCCCCCCCCCCC. The fraction of sp³-hybridized carbons (Fsp3) is 0.810. The van der Waals surface area contributed by atoms with E-state index in [1.165, 1.54) is 161 Å². The van der Waals surface area contributed by atoms with Crippen LogP contribution >= 0.6 is 0 Å². The van der Waals surface area contributed by atoms with Crippen LogP contribution in [-0.2, 0) is 28.6 Å². The van der Waals surface area contributed by atoms with Crippen molar-refractivity contribution in [1.29, 1.82) is 0 Å². The zero-order valence-corrected chi connectivity index (χ0v) is 42.6. The van der Waals surface area contributed by atoms with Crippen LogP contribution in [-0.4, -0.2) is 37.2 Å². The molecule has 372 valence electrons. The van der Waals surface area contributed by atoms with E-state index in [1.54, 1.807) is 0 Å². The maximum Gasteiger partial charge on any atom is 0.306 e. The van der Waals surface area contributed by atoms with E-state index in [0.29, 0.717) is 19.3 Å². The van der Waals surface area contributed by atoms with Gasteiger partial charge in [0.2, 0.25) is 0 Å². The number of carbonyl (C=O) groups is 3. The lowest BCUT2D eigenvalue weighted by molar-refractivity contribution is -0.167. The van der Waals surface area contributed by atoms with E-state index >= 15 is 0 Å². The first-order chi connectivity index (χ1) is 31.5. The molecule has 0 aliphatic heterocycles. The van der Waals surface area contributed by atoms with Gasteiger partial charge in [-0.3, -0.25) is 14.4 Å². The number of esters is 3. The van der Waals surface area contributed by atoms with Gasteiger partial charge in [0.15, 0.2) is 6.10 Å². The third kappa shape index (κ3) is 50.4. The predicted octanol–water partition coefficient (Wildman–Crippen LogP) is 18.3. The smallest absolute Gasteiger partial charge is 0.306 e. The van der Waals surface area contributed by atoms with Crippen molar-refractivity contribution in [2.75, 3.05) is 13.2 Å². The largest absolute Gasteiger partial charge is 0.462 e. The molecule has 0 aliphatic rings. The van der Waals surface area contributed by atoms with Crippen molar-refractivity contribution < 1.29 is 28.6 Å². The zero-order chi connectivity index (χ0) is 46.5. The second-order valence-corrected chi connectivity index (χ2v) is 18.5. The van der Waals surface area contributed by atoms with Gasteiger partial charge in [0.25, 0.3) is 0 Å². The molecule has 0 heterocycles. The first kappa shape index (κ1) is 61.4. The molecule has 0 radical (unpaired) electrons. The number of hydrogen-bond acceptors (Lipinski definition) is 6. The summed E-state index contributed by atoms with van der Waals surface area (Å²) in [6.45, 7) is 6.61. The third-order valence-electron chi connectivity index (χ3n) is 12.1. The van der Waals surface area contributed by atoms with Crippen molar-refractivity contribution in [2.45, 2.75) is 290 Å². The van der Waals surface area contributed by atoms with E-state index in [4.69, 9.17) is 14.2 Å². The number of allylic oxidation sites excluding steroid dienone is 8. The molecule has 64 heavy (non-hydrogen) atoms. The summed E-state index contributed by atoms with van der Waals surface area (Å²) in [5.41, 5.74) is 0. The molecular weight excluding hydrogens is 793 g/mol. The molecule has 1 atom stereocenters. The van der Waals surface area contributed by atoms with Gasteiger partial charge in [0, 0.05) is 19.3 Å². The Hall–Kier alpha value is -2.63. The maximum absolute atomic E-state index is 12.8. The van der Waals surface area contributed by atoms with E-state index in [1.807, 2.05) is 0 Å². The highest BCUT2D eigenvalue weighted by molar-refractivity contribution is 5.71. The highest BCUT2D eigenvalue weighted by atomic mass is 16.6. The molecule has 0 aromatic carbocycles. The molecule has 0 fully saturated rings. The molecule has 0 bridgehead atoms. The second kappa shape index (κ2) is 53.0. The monoisotopic (exact) mass is 897 g/mol. The van der Waals surface area contributed by atoms with Gasteiger partial charge in [-0.2, -0.15) is 0 Å². The highest BCUT2D eigenvalue weighted by Gasteiger charge is 2.19. The Morgan fingerprint density at radius 2 is 0.562 bits per heavy atom. The molecule has 0 unspecified atom stereocenters. The van der Waals surface area contributed by atoms with E-state index in [2.05, 4.69) is 69.4 Å². The Kier molecular flexibility index (Phi) is 50.8. The van der Waals surface area contributed by atoms with Crippen molar-refractivity contribution in [3.8, 4) is 0 Å². The fourth-order valence-electron chi connectivity index (χ4n) is 7.90. The minimum absolute atomic E-state index is 0.0793. The van der Waals surface area contributed by atoms with Crippen molar-refractivity contribution in [2.24, 2.45) is 0 Å². The lowest BCUT2D eigenvalue weighted by Crippen LogP contribution is -2.30. The van der Waals surface area contributed by atoms with Crippen LogP contribution < -0.4 is 0 Å². The van der Waals surface area contributed by atoms with Crippen LogP contribution in [0.3, 0.4) is 0 Å². The Bertz CT molecular complexity index is 1120. The van der Waals surface area contributed by atoms with Gasteiger partial charge in [-0.15, -0.1) is 0 Å². The Labute approximate surface area is 397 Å². The van der Waals surface area contributed by atoms with Gasteiger partial charge in [-0.1, -0.05) is 249 Å². The molecule has 0 spiro atoms. The van der Waals surface area contributed by atoms with E-state index in [0.717, 1.165) is 83.5 Å². The number of hydrogen-bond donors (Lipinski definition) is 0. The Morgan fingerprint density at radius 1 is 0.312 bits per heavy atom. The van der Waals surface area contributed by atoms with Crippen molar-refractivity contribution >= 4 is 17.9 Å². The summed E-state index contributed by atoms with van der Waals surface area (Å²) in [5, 5.41) is 0. The van der Waals surface area contributed by atoms with Gasteiger partial charge in [0.1, 0.15) is 13.2 Å². The highest BCUT2D eigenvalue weighted by Crippen LogP contribution is 2.16. The first-order valence-electron chi connectivity index (χ1n) is 27.6. The van der Waals surface area contributed by atoms with Crippen molar-refractivity contribution in [3.05, 3.63) is 48.6 Å². The molecule has 6 heteroatoms. The van der Waals surface area contributed by atoms with Crippen LogP contribution in [0.25, 0.3) is 0 Å². The number of ether oxygens (including phenoxy) is 3. The molecule has 0 amide bonds. The van der Waals surface area contributed by atoms with Crippen LogP contribution in [0.4, 0.5) is 0 Å². The summed E-state index contributed by atoms with van der Waals surface area (Å²) < 4.78 is 16.8. The average molecular weight is 897 g/mol. The molecule has 0 saturated carbocycles. The van der Waals surface area contributed by atoms with E-state index in [-0.39, 0.29) is 31.1 Å². The van der Waals surface area contributed by atoms with Gasteiger partial charge in [-0.05, 0) is 64.2 Å².